The standard InChI is InChI=1S/C13H7ClN2O3/c14-8-2-4-11-15-10-3-1-7(13(18)19)5-9(10)12(17)16(11)6-8/h1-6H,(H,18,19). The Bertz CT molecular complexity index is 886. The summed E-state index contributed by atoms with van der Waals surface area (Å²) in [5.41, 5.74) is 0.626. The summed E-state index contributed by atoms with van der Waals surface area (Å²) in [4.78, 5) is 27.5. The number of rotatable bonds is 1. The van der Waals surface area contributed by atoms with E-state index in [1.54, 1.807) is 12.1 Å². The first kappa shape index (κ1) is 11.7. The minimum atomic E-state index is -1.09. The average Bonchev–Trinajstić information content (AvgIpc) is 2.39. The lowest BCUT2D eigenvalue weighted by Crippen LogP contribution is -2.15. The molecule has 6 heteroatoms. The Morgan fingerprint density at radius 2 is 2.05 bits per heavy atom. The normalized spacial score (nSPS) is 11.0. The van der Waals surface area contributed by atoms with Crippen molar-refractivity contribution >= 4 is 34.1 Å². The molecule has 3 aromatic rings. The molecule has 0 fully saturated rings. The van der Waals surface area contributed by atoms with Crippen molar-refractivity contribution in [2.75, 3.05) is 0 Å². The van der Waals surface area contributed by atoms with Crippen LogP contribution in [0.1, 0.15) is 10.4 Å². The lowest BCUT2D eigenvalue weighted by molar-refractivity contribution is 0.0697. The molecule has 0 saturated heterocycles. The van der Waals surface area contributed by atoms with Crippen LogP contribution in [-0.4, -0.2) is 20.5 Å². The fourth-order valence-electron chi connectivity index (χ4n) is 1.91. The lowest BCUT2D eigenvalue weighted by Gasteiger charge is -2.04. The molecule has 0 aliphatic heterocycles. The van der Waals surface area contributed by atoms with Crippen LogP contribution in [0.4, 0.5) is 0 Å². The summed E-state index contributed by atoms with van der Waals surface area (Å²) in [6.07, 6.45) is 1.46. The number of hydrogen-bond acceptors (Lipinski definition) is 3. The molecule has 0 aliphatic rings. The van der Waals surface area contributed by atoms with Crippen molar-refractivity contribution in [2.45, 2.75) is 0 Å². The molecule has 2 heterocycles. The Labute approximate surface area is 111 Å². The molecule has 0 radical (unpaired) electrons. The van der Waals surface area contributed by atoms with Crippen LogP contribution in [0.3, 0.4) is 0 Å². The minimum absolute atomic E-state index is 0.0494. The fraction of sp³-hybridized carbons (Fsp3) is 0. The maximum Gasteiger partial charge on any atom is 0.335 e. The monoisotopic (exact) mass is 274 g/mol. The van der Waals surface area contributed by atoms with Gasteiger partial charge in [-0.05, 0) is 30.3 Å². The van der Waals surface area contributed by atoms with E-state index in [1.807, 2.05) is 0 Å². The van der Waals surface area contributed by atoms with Crippen LogP contribution >= 0.6 is 11.6 Å². The molecule has 0 aliphatic carbocycles. The third-order valence-electron chi connectivity index (χ3n) is 2.82. The molecule has 0 amide bonds. The molecule has 19 heavy (non-hydrogen) atoms. The molecule has 1 N–H and O–H groups in total. The molecule has 0 saturated carbocycles. The molecule has 0 atom stereocenters. The second-order valence-electron chi connectivity index (χ2n) is 4.03. The van der Waals surface area contributed by atoms with Crippen LogP contribution in [0.15, 0.2) is 41.3 Å². The Hall–Kier alpha value is -2.40. The summed E-state index contributed by atoms with van der Waals surface area (Å²) < 4.78 is 1.30. The molecule has 5 nitrogen and oxygen atoms in total. The van der Waals surface area contributed by atoms with Gasteiger partial charge in [0.15, 0.2) is 0 Å². The smallest absolute Gasteiger partial charge is 0.335 e. The van der Waals surface area contributed by atoms with E-state index in [0.717, 1.165) is 0 Å². The van der Waals surface area contributed by atoms with Gasteiger partial charge in [0.2, 0.25) is 0 Å². The number of nitrogens with zero attached hydrogens (tertiary/aromatic N) is 2. The first-order chi connectivity index (χ1) is 9.06. The van der Waals surface area contributed by atoms with Gasteiger partial charge in [-0.3, -0.25) is 9.20 Å². The number of hydrogen-bond donors (Lipinski definition) is 1. The second kappa shape index (κ2) is 4.07. The van der Waals surface area contributed by atoms with Gasteiger partial charge in [-0.2, -0.15) is 0 Å². The van der Waals surface area contributed by atoms with Gasteiger partial charge in [-0.25, -0.2) is 9.78 Å². The number of carbonyl (C=O) groups is 1. The Kier molecular flexibility index (Phi) is 2.50. The zero-order valence-corrected chi connectivity index (χ0v) is 10.3. The highest BCUT2D eigenvalue weighted by atomic mass is 35.5. The van der Waals surface area contributed by atoms with Gasteiger partial charge in [0.05, 0.1) is 21.5 Å². The number of aromatic carboxylic acids is 1. The summed E-state index contributed by atoms with van der Waals surface area (Å²) in [6, 6.07) is 7.54. The molecular weight excluding hydrogens is 268 g/mol. The van der Waals surface area contributed by atoms with Crippen LogP contribution in [0.5, 0.6) is 0 Å². The van der Waals surface area contributed by atoms with E-state index >= 15 is 0 Å². The van der Waals surface area contributed by atoms with E-state index in [2.05, 4.69) is 4.98 Å². The number of benzene rings is 1. The molecule has 2 aromatic heterocycles. The summed E-state index contributed by atoms with van der Waals surface area (Å²) in [7, 11) is 0. The lowest BCUT2D eigenvalue weighted by atomic mass is 10.1. The van der Waals surface area contributed by atoms with Crippen LogP contribution < -0.4 is 5.56 Å². The predicted molar refractivity (Wildman–Crippen MR) is 70.9 cm³/mol. The summed E-state index contributed by atoms with van der Waals surface area (Å²) >= 11 is 5.84. The SMILES string of the molecule is O=C(O)c1ccc2nc3ccc(Cl)cn3c(=O)c2c1. The van der Waals surface area contributed by atoms with Crippen LogP contribution in [0.25, 0.3) is 16.6 Å². The zero-order valence-electron chi connectivity index (χ0n) is 9.50. The van der Waals surface area contributed by atoms with Crippen molar-refractivity contribution in [3.63, 3.8) is 0 Å². The topological polar surface area (TPSA) is 71.7 Å². The molecule has 94 valence electrons. The minimum Gasteiger partial charge on any atom is -0.478 e. The van der Waals surface area contributed by atoms with Crippen molar-refractivity contribution in [2.24, 2.45) is 0 Å². The highest BCUT2D eigenvalue weighted by molar-refractivity contribution is 6.30. The molecular formula is C13H7ClN2O3. The number of halogens is 1. The summed E-state index contributed by atoms with van der Waals surface area (Å²) in [6.45, 7) is 0. The Morgan fingerprint density at radius 3 is 2.79 bits per heavy atom. The van der Waals surface area contributed by atoms with Crippen molar-refractivity contribution in [1.82, 2.24) is 9.38 Å². The zero-order chi connectivity index (χ0) is 13.6. The van der Waals surface area contributed by atoms with Gasteiger partial charge in [0, 0.05) is 6.20 Å². The third-order valence-corrected chi connectivity index (χ3v) is 3.04. The molecule has 0 unspecified atom stereocenters. The Morgan fingerprint density at radius 1 is 1.26 bits per heavy atom. The van der Waals surface area contributed by atoms with E-state index in [1.165, 1.54) is 28.8 Å². The quantitative estimate of drug-likeness (QED) is 0.691. The van der Waals surface area contributed by atoms with Gasteiger partial charge in [-0.1, -0.05) is 11.6 Å². The number of fused-ring (bicyclic) bond motifs is 2. The van der Waals surface area contributed by atoms with E-state index in [9.17, 15) is 9.59 Å². The van der Waals surface area contributed by atoms with Crippen molar-refractivity contribution < 1.29 is 9.90 Å². The summed E-state index contributed by atoms with van der Waals surface area (Å²) in [5, 5.41) is 9.60. The van der Waals surface area contributed by atoms with Crippen molar-refractivity contribution in [3.05, 3.63) is 57.5 Å². The van der Waals surface area contributed by atoms with E-state index in [-0.39, 0.29) is 16.5 Å². The largest absolute Gasteiger partial charge is 0.478 e. The van der Waals surface area contributed by atoms with Gasteiger partial charge in [-0.15, -0.1) is 0 Å². The summed E-state index contributed by atoms with van der Waals surface area (Å²) in [5.74, 6) is -1.09. The third kappa shape index (κ3) is 1.84. The Balaban J connectivity index is 2.48. The number of carboxylic acids is 1. The maximum absolute atomic E-state index is 12.3. The van der Waals surface area contributed by atoms with Crippen LogP contribution in [0, 0.1) is 0 Å². The highest BCUT2D eigenvalue weighted by Crippen LogP contribution is 2.14. The fourth-order valence-corrected chi connectivity index (χ4v) is 2.07. The highest BCUT2D eigenvalue weighted by Gasteiger charge is 2.09. The predicted octanol–water partition coefficient (Wildman–Crippen LogP) is 2.20. The number of aromatic nitrogens is 2. The average molecular weight is 275 g/mol. The first-order valence-electron chi connectivity index (χ1n) is 5.41. The molecule has 1 aromatic carbocycles. The van der Waals surface area contributed by atoms with Crippen molar-refractivity contribution in [3.8, 4) is 0 Å². The molecule has 3 rings (SSSR count). The second-order valence-corrected chi connectivity index (χ2v) is 4.47. The van der Waals surface area contributed by atoms with Gasteiger partial charge in [0.25, 0.3) is 5.56 Å². The van der Waals surface area contributed by atoms with E-state index in [4.69, 9.17) is 16.7 Å². The van der Waals surface area contributed by atoms with E-state index in [0.29, 0.717) is 16.2 Å². The number of carboxylic acid groups (broad SMARTS) is 1. The van der Waals surface area contributed by atoms with Crippen molar-refractivity contribution in [1.29, 1.82) is 0 Å². The van der Waals surface area contributed by atoms with Crippen LogP contribution in [0.2, 0.25) is 5.02 Å². The van der Waals surface area contributed by atoms with Crippen LogP contribution in [-0.2, 0) is 0 Å². The number of pyridine rings is 1. The van der Waals surface area contributed by atoms with Gasteiger partial charge >= 0.3 is 5.97 Å². The van der Waals surface area contributed by atoms with Gasteiger partial charge in [0.1, 0.15) is 5.65 Å². The van der Waals surface area contributed by atoms with E-state index < -0.39 is 5.97 Å². The maximum atomic E-state index is 12.3. The first-order valence-corrected chi connectivity index (χ1v) is 5.79. The molecule has 0 bridgehead atoms. The van der Waals surface area contributed by atoms with Gasteiger partial charge < -0.3 is 5.11 Å². The molecule has 0 spiro atoms.